The van der Waals surface area contributed by atoms with E-state index >= 15 is 0 Å². The van der Waals surface area contributed by atoms with Crippen LogP contribution in [0.2, 0.25) is 0 Å². The predicted molar refractivity (Wildman–Crippen MR) is 105 cm³/mol. The summed E-state index contributed by atoms with van der Waals surface area (Å²) >= 11 is 0. The molecule has 1 fully saturated rings. The molecular formula is C21H32N2O5. The molecule has 1 saturated heterocycles. The number of carbonyl (C=O) groups is 2. The van der Waals surface area contributed by atoms with Crippen molar-refractivity contribution in [2.45, 2.75) is 59.1 Å². The van der Waals surface area contributed by atoms with E-state index in [-0.39, 0.29) is 24.5 Å². The SMILES string of the molecule is CC(C)CC(NC(=O)C(NC(=O)OCc1ccccc1)C(C)C)C1OCCO1. The maximum atomic E-state index is 12.9. The quantitative estimate of drug-likeness (QED) is 0.675. The van der Waals surface area contributed by atoms with Crippen molar-refractivity contribution in [3.8, 4) is 0 Å². The van der Waals surface area contributed by atoms with E-state index in [0.29, 0.717) is 19.1 Å². The first-order valence-electron chi connectivity index (χ1n) is 9.87. The average molecular weight is 392 g/mol. The first-order chi connectivity index (χ1) is 13.4. The van der Waals surface area contributed by atoms with E-state index in [1.807, 2.05) is 44.2 Å². The van der Waals surface area contributed by atoms with Gasteiger partial charge in [-0.2, -0.15) is 0 Å². The molecule has 1 heterocycles. The van der Waals surface area contributed by atoms with Gasteiger partial charge in [-0.05, 0) is 23.8 Å². The lowest BCUT2D eigenvalue weighted by Gasteiger charge is -2.28. The first kappa shape index (κ1) is 22.2. The van der Waals surface area contributed by atoms with Crippen LogP contribution in [0.1, 0.15) is 39.7 Å². The highest BCUT2D eigenvalue weighted by atomic mass is 16.7. The lowest BCUT2D eigenvalue weighted by Crippen LogP contribution is -2.54. The molecule has 28 heavy (non-hydrogen) atoms. The Balaban J connectivity index is 1.92. The zero-order valence-electron chi connectivity index (χ0n) is 17.1. The third kappa shape index (κ3) is 7.13. The summed E-state index contributed by atoms with van der Waals surface area (Å²) in [7, 11) is 0. The van der Waals surface area contributed by atoms with Gasteiger partial charge >= 0.3 is 6.09 Å². The van der Waals surface area contributed by atoms with E-state index in [9.17, 15) is 9.59 Å². The second-order valence-electron chi connectivity index (χ2n) is 7.78. The fraction of sp³-hybridized carbons (Fsp3) is 0.619. The molecule has 1 aliphatic rings. The minimum absolute atomic E-state index is 0.102. The predicted octanol–water partition coefficient (Wildman–Crippen LogP) is 2.84. The van der Waals surface area contributed by atoms with Crippen LogP contribution in [0.4, 0.5) is 4.79 Å². The number of nitrogens with one attached hydrogen (secondary N) is 2. The Morgan fingerprint density at radius 2 is 1.71 bits per heavy atom. The van der Waals surface area contributed by atoms with Gasteiger partial charge in [-0.1, -0.05) is 58.0 Å². The van der Waals surface area contributed by atoms with Gasteiger partial charge in [-0.3, -0.25) is 4.79 Å². The van der Waals surface area contributed by atoms with Gasteiger partial charge in [0, 0.05) is 0 Å². The number of hydrogen-bond acceptors (Lipinski definition) is 5. The Morgan fingerprint density at radius 1 is 1.07 bits per heavy atom. The van der Waals surface area contributed by atoms with Crippen molar-refractivity contribution in [3.63, 3.8) is 0 Å². The fourth-order valence-electron chi connectivity index (χ4n) is 3.05. The van der Waals surface area contributed by atoms with Gasteiger partial charge < -0.3 is 24.8 Å². The third-order valence-electron chi connectivity index (χ3n) is 4.46. The Labute approximate surface area is 167 Å². The van der Waals surface area contributed by atoms with Crippen molar-refractivity contribution in [2.75, 3.05) is 13.2 Å². The summed E-state index contributed by atoms with van der Waals surface area (Å²) in [4.78, 5) is 25.0. The molecule has 1 aromatic rings. The summed E-state index contributed by atoms with van der Waals surface area (Å²) in [6.07, 6.45) is -0.352. The van der Waals surface area contributed by atoms with Crippen LogP contribution in [-0.2, 0) is 25.6 Å². The molecule has 0 bridgehead atoms. The van der Waals surface area contributed by atoms with Crippen LogP contribution in [-0.4, -0.2) is 43.6 Å². The lowest BCUT2D eigenvalue weighted by atomic mass is 10.00. The highest BCUT2D eigenvalue weighted by Gasteiger charge is 2.32. The molecule has 7 heteroatoms. The molecule has 0 saturated carbocycles. The molecule has 2 rings (SSSR count). The Hall–Kier alpha value is -2.12. The van der Waals surface area contributed by atoms with Crippen LogP contribution in [0.15, 0.2) is 30.3 Å². The van der Waals surface area contributed by atoms with Crippen LogP contribution in [0.5, 0.6) is 0 Å². The summed E-state index contributed by atoms with van der Waals surface area (Å²) in [6.45, 7) is 9.10. The summed E-state index contributed by atoms with van der Waals surface area (Å²) in [5.41, 5.74) is 0.885. The van der Waals surface area contributed by atoms with E-state index in [2.05, 4.69) is 24.5 Å². The maximum absolute atomic E-state index is 12.9. The zero-order valence-corrected chi connectivity index (χ0v) is 17.1. The molecule has 0 aromatic heterocycles. The number of benzene rings is 1. The van der Waals surface area contributed by atoms with Crippen LogP contribution in [0, 0.1) is 11.8 Å². The van der Waals surface area contributed by atoms with Crippen molar-refractivity contribution in [3.05, 3.63) is 35.9 Å². The number of hydrogen-bond donors (Lipinski definition) is 2. The van der Waals surface area contributed by atoms with Gasteiger partial charge in [0.1, 0.15) is 12.6 Å². The molecule has 0 spiro atoms. The lowest BCUT2D eigenvalue weighted by molar-refractivity contribution is -0.130. The van der Waals surface area contributed by atoms with E-state index < -0.39 is 18.4 Å². The van der Waals surface area contributed by atoms with E-state index in [1.54, 1.807) is 0 Å². The van der Waals surface area contributed by atoms with Gasteiger partial charge in [-0.15, -0.1) is 0 Å². The summed E-state index contributed by atoms with van der Waals surface area (Å²) < 4.78 is 16.4. The van der Waals surface area contributed by atoms with Gasteiger partial charge in [0.2, 0.25) is 5.91 Å². The molecule has 0 radical (unpaired) electrons. The largest absolute Gasteiger partial charge is 0.445 e. The summed E-state index contributed by atoms with van der Waals surface area (Å²) in [5, 5.41) is 5.67. The van der Waals surface area contributed by atoms with Crippen LogP contribution < -0.4 is 10.6 Å². The highest BCUT2D eigenvalue weighted by Crippen LogP contribution is 2.16. The van der Waals surface area contributed by atoms with Gasteiger partial charge in [0.15, 0.2) is 6.29 Å². The Morgan fingerprint density at radius 3 is 2.29 bits per heavy atom. The van der Waals surface area contributed by atoms with Gasteiger partial charge in [0.05, 0.1) is 19.3 Å². The number of carbonyl (C=O) groups excluding carboxylic acids is 2. The average Bonchev–Trinajstić information content (AvgIpc) is 3.18. The van der Waals surface area contributed by atoms with Crippen LogP contribution in [0.25, 0.3) is 0 Å². The molecule has 156 valence electrons. The molecule has 1 aromatic carbocycles. The number of amides is 2. The van der Waals surface area contributed by atoms with Crippen molar-refractivity contribution in [2.24, 2.45) is 11.8 Å². The second-order valence-corrected chi connectivity index (χ2v) is 7.78. The normalized spacial score (nSPS) is 16.8. The monoisotopic (exact) mass is 392 g/mol. The number of rotatable bonds is 9. The maximum Gasteiger partial charge on any atom is 0.408 e. The minimum Gasteiger partial charge on any atom is -0.445 e. The first-order valence-corrected chi connectivity index (χ1v) is 9.87. The highest BCUT2D eigenvalue weighted by molar-refractivity contribution is 5.86. The van der Waals surface area contributed by atoms with Crippen molar-refractivity contribution in [1.82, 2.24) is 10.6 Å². The van der Waals surface area contributed by atoms with Crippen LogP contribution in [0.3, 0.4) is 0 Å². The van der Waals surface area contributed by atoms with E-state index in [4.69, 9.17) is 14.2 Å². The Kier molecular flexibility index (Phi) is 8.73. The molecule has 2 amide bonds. The van der Waals surface area contributed by atoms with E-state index in [0.717, 1.165) is 12.0 Å². The molecule has 1 aliphatic heterocycles. The molecule has 2 unspecified atom stereocenters. The third-order valence-corrected chi connectivity index (χ3v) is 4.46. The molecule has 0 aliphatic carbocycles. The topological polar surface area (TPSA) is 85.9 Å². The molecule has 7 nitrogen and oxygen atoms in total. The van der Waals surface area contributed by atoms with Crippen molar-refractivity contribution < 1.29 is 23.8 Å². The standard InChI is InChI=1S/C21H32N2O5/c1-14(2)12-17(20-26-10-11-27-20)22-19(24)18(15(3)4)23-21(25)28-13-16-8-6-5-7-9-16/h5-9,14-15,17-18,20H,10-13H2,1-4H3,(H,22,24)(H,23,25). The van der Waals surface area contributed by atoms with Crippen molar-refractivity contribution >= 4 is 12.0 Å². The Bertz CT molecular complexity index is 614. The molecule has 2 atom stereocenters. The van der Waals surface area contributed by atoms with Gasteiger partial charge in [0.25, 0.3) is 0 Å². The van der Waals surface area contributed by atoms with Gasteiger partial charge in [-0.25, -0.2) is 4.79 Å². The second kappa shape index (κ2) is 11.0. The molecule has 2 N–H and O–H groups in total. The smallest absolute Gasteiger partial charge is 0.408 e. The van der Waals surface area contributed by atoms with Crippen LogP contribution >= 0.6 is 0 Å². The minimum atomic E-state index is -0.709. The number of alkyl carbamates (subject to hydrolysis) is 1. The number of ether oxygens (including phenoxy) is 3. The van der Waals surface area contributed by atoms with Crippen molar-refractivity contribution in [1.29, 1.82) is 0 Å². The fourth-order valence-corrected chi connectivity index (χ4v) is 3.05. The van der Waals surface area contributed by atoms with E-state index in [1.165, 1.54) is 0 Å². The molecular weight excluding hydrogens is 360 g/mol. The summed E-state index contributed by atoms with van der Waals surface area (Å²) in [6, 6.07) is 8.42. The zero-order chi connectivity index (χ0) is 20.5. The summed E-state index contributed by atoms with van der Waals surface area (Å²) in [5.74, 6) is -0.00908.